The third kappa shape index (κ3) is 6.15. The molecule has 1 aromatic heterocycles. The highest BCUT2D eigenvalue weighted by atomic mass is 35.5. The van der Waals surface area contributed by atoms with Gasteiger partial charge in [-0.15, -0.1) is 24.2 Å². The molecular weight excluding hydrogens is 441 g/mol. The number of nitrogen functional groups attached to an aromatic ring is 1. The fraction of sp³-hybridized carbons (Fsp3) is 0.318. The van der Waals surface area contributed by atoms with Crippen molar-refractivity contribution in [2.24, 2.45) is 0 Å². The second-order valence-corrected chi connectivity index (χ2v) is 8.73. The normalized spacial score (nSPS) is 20.8. The third-order valence-corrected chi connectivity index (χ3v) is 6.32. The van der Waals surface area contributed by atoms with Crippen molar-refractivity contribution < 1.29 is 9.47 Å². The first-order valence-electron chi connectivity index (χ1n) is 9.61. The fourth-order valence-electron chi connectivity index (χ4n) is 3.39. The second-order valence-electron chi connectivity index (χ2n) is 7.20. The van der Waals surface area contributed by atoms with E-state index in [4.69, 9.17) is 26.8 Å². The molecule has 0 aliphatic carbocycles. The lowest BCUT2D eigenvalue weighted by atomic mass is 10.0. The number of rotatable bonds is 8. The second kappa shape index (κ2) is 10.6. The van der Waals surface area contributed by atoms with Gasteiger partial charge in [0.05, 0.1) is 25.6 Å². The molecule has 30 heavy (non-hydrogen) atoms. The summed E-state index contributed by atoms with van der Waals surface area (Å²) >= 11 is 7.76. The quantitative estimate of drug-likeness (QED) is 0.371. The molecule has 5 nitrogen and oxygen atoms in total. The Labute approximate surface area is 192 Å². The molecule has 0 bridgehead atoms. The summed E-state index contributed by atoms with van der Waals surface area (Å²) in [6.07, 6.45) is 7.15. The van der Waals surface area contributed by atoms with Gasteiger partial charge in [0.1, 0.15) is 0 Å². The maximum atomic E-state index is 6.47. The van der Waals surface area contributed by atoms with E-state index in [0.29, 0.717) is 13.2 Å². The van der Waals surface area contributed by atoms with Gasteiger partial charge in [0.15, 0.2) is 5.79 Å². The number of aryl methyl sites for hydroxylation is 1. The molecule has 3 aromatic rings. The SMILES string of the molecule is Cl.Nc1ccc(SC[C@H]2CO[C@](CCc3ccc(Cl)cc3)(Cn3ccnc3)O2)cc1. The van der Waals surface area contributed by atoms with Crippen molar-refractivity contribution in [3.8, 4) is 0 Å². The van der Waals surface area contributed by atoms with Gasteiger partial charge in [0, 0.05) is 40.2 Å². The summed E-state index contributed by atoms with van der Waals surface area (Å²) in [7, 11) is 0. The van der Waals surface area contributed by atoms with E-state index < -0.39 is 5.79 Å². The number of halogens is 2. The summed E-state index contributed by atoms with van der Waals surface area (Å²) in [5.41, 5.74) is 7.75. The van der Waals surface area contributed by atoms with Crippen LogP contribution >= 0.6 is 35.8 Å². The monoisotopic (exact) mass is 465 g/mol. The van der Waals surface area contributed by atoms with Crippen LogP contribution in [-0.2, 0) is 22.4 Å². The zero-order chi connectivity index (χ0) is 20.1. The summed E-state index contributed by atoms with van der Waals surface area (Å²) < 4.78 is 14.7. The minimum atomic E-state index is -0.660. The number of benzene rings is 2. The van der Waals surface area contributed by atoms with E-state index in [1.54, 1.807) is 24.3 Å². The summed E-state index contributed by atoms with van der Waals surface area (Å²) in [5.74, 6) is 0.170. The smallest absolute Gasteiger partial charge is 0.187 e. The molecule has 1 aliphatic rings. The Balaban J connectivity index is 0.00000256. The first kappa shape index (κ1) is 23.0. The summed E-state index contributed by atoms with van der Waals surface area (Å²) in [5, 5.41) is 0.745. The fourth-order valence-corrected chi connectivity index (χ4v) is 4.39. The zero-order valence-electron chi connectivity index (χ0n) is 16.4. The molecule has 2 atom stereocenters. The Kier molecular flexibility index (Phi) is 8.08. The van der Waals surface area contributed by atoms with Gasteiger partial charge in [-0.3, -0.25) is 0 Å². The topological polar surface area (TPSA) is 62.3 Å². The largest absolute Gasteiger partial charge is 0.399 e. The van der Waals surface area contributed by atoms with Gasteiger partial charge in [0.2, 0.25) is 0 Å². The Morgan fingerprint density at radius 3 is 2.63 bits per heavy atom. The van der Waals surface area contributed by atoms with E-state index in [0.717, 1.165) is 29.3 Å². The van der Waals surface area contributed by atoms with Crippen molar-refractivity contribution in [3.05, 3.63) is 77.8 Å². The molecule has 160 valence electrons. The molecule has 1 aliphatic heterocycles. The number of hydrogen-bond acceptors (Lipinski definition) is 5. The van der Waals surface area contributed by atoms with Gasteiger partial charge in [0.25, 0.3) is 0 Å². The van der Waals surface area contributed by atoms with E-state index in [9.17, 15) is 0 Å². The Hall–Kier alpha value is -1.70. The highest BCUT2D eigenvalue weighted by Gasteiger charge is 2.41. The molecule has 8 heteroatoms. The number of anilines is 1. The van der Waals surface area contributed by atoms with Gasteiger partial charge >= 0.3 is 0 Å². The number of aromatic nitrogens is 2. The van der Waals surface area contributed by atoms with Crippen molar-refractivity contribution in [2.75, 3.05) is 18.1 Å². The van der Waals surface area contributed by atoms with Crippen LogP contribution in [-0.4, -0.2) is 33.8 Å². The summed E-state index contributed by atoms with van der Waals surface area (Å²) in [6, 6.07) is 15.9. The number of nitrogens with two attached hydrogens (primary N) is 1. The standard InChI is InChI=1S/C22H24ClN3O2S.ClH/c23-18-3-1-17(2-4-18)9-10-22(15-26-12-11-25-16-26)27-13-20(28-22)14-29-21-7-5-19(24)6-8-21;/h1-8,11-12,16,20H,9-10,13-15,24H2;1H/t20-,22+;/m1./s1. The van der Waals surface area contributed by atoms with Gasteiger partial charge < -0.3 is 19.8 Å². The van der Waals surface area contributed by atoms with Crippen LogP contribution < -0.4 is 5.73 Å². The predicted octanol–water partition coefficient (Wildman–Crippen LogP) is 5.08. The molecule has 0 saturated carbocycles. The highest BCUT2D eigenvalue weighted by molar-refractivity contribution is 7.99. The van der Waals surface area contributed by atoms with Crippen LogP contribution in [0.1, 0.15) is 12.0 Å². The molecule has 0 amide bonds. The Morgan fingerprint density at radius 1 is 1.17 bits per heavy atom. The maximum absolute atomic E-state index is 6.47. The van der Waals surface area contributed by atoms with Crippen molar-refractivity contribution >= 4 is 41.5 Å². The number of nitrogens with zero attached hydrogens (tertiary/aromatic N) is 2. The molecule has 0 spiro atoms. The first-order valence-corrected chi connectivity index (χ1v) is 11.0. The zero-order valence-corrected chi connectivity index (χ0v) is 18.8. The van der Waals surface area contributed by atoms with Crippen LogP contribution in [0.4, 0.5) is 5.69 Å². The lowest BCUT2D eigenvalue weighted by Crippen LogP contribution is -2.37. The number of thioether (sulfide) groups is 1. The summed E-state index contributed by atoms with van der Waals surface area (Å²) in [6.45, 7) is 1.20. The molecule has 2 heterocycles. The third-order valence-electron chi connectivity index (χ3n) is 4.92. The van der Waals surface area contributed by atoms with Crippen molar-refractivity contribution in [2.45, 2.75) is 36.2 Å². The molecule has 0 unspecified atom stereocenters. The molecule has 2 N–H and O–H groups in total. The summed E-state index contributed by atoms with van der Waals surface area (Å²) in [4.78, 5) is 5.33. The van der Waals surface area contributed by atoms with Crippen LogP contribution in [0.2, 0.25) is 5.02 Å². The van der Waals surface area contributed by atoms with E-state index in [2.05, 4.69) is 17.1 Å². The highest BCUT2D eigenvalue weighted by Crippen LogP contribution is 2.33. The van der Waals surface area contributed by atoms with E-state index in [1.807, 2.05) is 47.2 Å². The van der Waals surface area contributed by atoms with Gasteiger partial charge in [-0.1, -0.05) is 23.7 Å². The molecule has 4 rings (SSSR count). The van der Waals surface area contributed by atoms with Crippen molar-refractivity contribution in [1.82, 2.24) is 9.55 Å². The number of hydrogen-bond donors (Lipinski definition) is 1. The van der Waals surface area contributed by atoms with Gasteiger partial charge in [-0.25, -0.2) is 4.98 Å². The number of imidazole rings is 1. The average molecular weight is 466 g/mol. The molecule has 0 radical (unpaired) electrons. The number of ether oxygens (including phenoxy) is 2. The van der Waals surface area contributed by atoms with E-state index in [1.165, 1.54) is 10.5 Å². The first-order chi connectivity index (χ1) is 14.1. The van der Waals surface area contributed by atoms with E-state index >= 15 is 0 Å². The maximum Gasteiger partial charge on any atom is 0.187 e. The van der Waals surface area contributed by atoms with Crippen LogP contribution in [0.25, 0.3) is 0 Å². The molecular formula is C22H25Cl2N3O2S. The Morgan fingerprint density at radius 2 is 1.93 bits per heavy atom. The minimum Gasteiger partial charge on any atom is -0.399 e. The van der Waals surface area contributed by atoms with Gasteiger partial charge in [-0.05, 0) is 48.4 Å². The molecule has 2 aromatic carbocycles. The van der Waals surface area contributed by atoms with Crippen molar-refractivity contribution in [1.29, 1.82) is 0 Å². The molecule has 1 saturated heterocycles. The van der Waals surface area contributed by atoms with Crippen LogP contribution in [0.3, 0.4) is 0 Å². The Bertz CT molecular complexity index is 907. The lowest BCUT2D eigenvalue weighted by molar-refractivity contribution is -0.180. The van der Waals surface area contributed by atoms with E-state index in [-0.39, 0.29) is 18.5 Å². The molecule has 1 fully saturated rings. The van der Waals surface area contributed by atoms with Crippen molar-refractivity contribution in [3.63, 3.8) is 0 Å². The average Bonchev–Trinajstić information content (AvgIpc) is 3.38. The minimum absolute atomic E-state index is 0. The predicted molar refractivity (Wildman–Crippen MR) is 124 cm³/mol. The van der Waals surface area contributed by atoms with Gasteiger partial charge in [-0.2, -0.15) is 0 Å². The van der Waals surface area contributed by atoms with Crippen LogP contribution in [0, 0.1) is 0 Å². The van der Waals surface area contributed by atoms with Crippen LogP contribution in [0.5, 0.6) is 0 Å². The lowest BCUT2D eigenvalue weighted by Gasteiger charge is -2.28. The van der Waals surface area contributed by atoms with Crippen LogP contribution in [0.15, 0.2) is 72.1 Å².